The highest BCUT2D eigenvalue weighted by molar-refractivity contribution is 6.51. The van der Waals surface area contributed by atoms with Crippen molar-refractivity contribution in [2.24, 2.45) is 0 Å². The number of aliphatic hydroxyl groups is 1. The molecule has 152 valence electrons. The van der Waals surface area contributed by atoms with Crippen molar-refractivity contribution in [3.05, 3.63) is 82.1 Å². The second-order valence-electron chi connectivity index (χ2n) is 6.75. The van der Waals surface area contributed by atoms with Gasteiger partial charge in [0.25, 0.3) is 5.78 Å². The Labute approximate surface area is 177 Å². The lowest BCUT2D eigenvalue weighted by atomic mass is 9.95. The van der Waals surface area contributed by atoms with E-state index in [2.05, 4.69) is 5.16 Å². The van der Waals surface area contributed by atoms with Gasteiger partial charge < -0.3 is 14.4 Å². The zero-order valence-corrected chi connectivity index (χ0v) is 16.9. The lowest BCUT2D eigenvalue weighted by Gasteiger charge is -2.23. The fourth-order valence-electron chi connectivity index (χ4n) is 3.45. The van der Waals surface area contributed by atoms with E-state index < -0.39 is 17.7 Å². The number of ketones is 1. The number of Topliss-reactive ketones (excluding diaryl/α,β-unsaturated/α-hetero) is 1. The number of nitrogens with zero attached hydrogens (tertiary/aromatic N) is 2. The molecular weight excluding hydrogens is 408 g/mol. The maximum Gasteiger partial charge on any atom is 0.301 e. The number of carbonyl (C=O) groups excluding carboxylic acids is 2. The molecule has 1 amide bonds. The Morgan fingerprint density at radius 2 is 1.93 bits per heavy atom. The van der Waals surface area contributed by atoms with E-state index in [0.717, 1.165) is 0 Å². The summed E-state index contributed by atoms with van der Waals surface area (Å²) in [6.45, 7) is 1.68. The standard InChI is InChI=1S/C22H17ClN2O5/c1-12-9-17(24-30-12)25-19(13-5-3-7-15(23)10-13)18(21(27)22(25)28)20(26)14-6-4-8-16(11-14)29-2/h3-11,19,26H,1-2H3/b20-18+. The third kappa shape index (κ3) is 3.33. The van der Waals surface area contributed by atoms with Crippen LogP contribution in [0.5, 0.6) is 5.75 Å². The average molecular weight is 425 g/mol. The minimum atomic E-state index is -0.931. The van der Waals surface area contributed by atoms with Crippen molar-refractivity contribution in [1.29, 1.82) is 0 Å². The summed E-state index contributed by atoms with van der Waals surface area (Å²) in [6.07, 6.45) is 0. The molecule has 30 heavy (non-hydrogen) atoms. The molecule has 0 bridgehead atoms. The first kappa shape index (κ1) is 19.7. The average Bonchev–Trinajstić information content (AvgIpc) is 3.28. The van der Waals surface area contributed by atoms with Gasteiger partial charge in [-0.25, -0.2) is 0 Å². The van der Waals surface area contributed by atoms with E-state index in [4.69, 9.17) is 20.9 Å². The molecule has 1 unspecified atom stereocenters. The highest BCUT2D eigenvalue weighted by Crippen LogP contribution is 2.42. The van der Waals surface area contributed by atoms with Crippen LogP contribution < -0.4 is 9.64 Å². The molecule has 0 saturated carbocycles. The van der Waals surface area contributed by atoms with Crippen LogP contribution >= 0.6 is 11.6 Å². The first-order chi connectivity index (χ1) is 14.4. The van der Waals surface area contributed by atoms with E-state index in [-0.39, 0.29) is 17.2 Å². The van der Waals surface area contributed by atoms with Crippen LogP contribution in [-0.2, 0) is 9.59 Å². The Bertz CT molecular complexity index is 1180. The molecule has 3 aromatic rings. The highest BCUT2D eigenvalue weighted by atomic mass is 35.5. The van der Waals surface area contributed by atoms with E-state index in [0.29, 0.717) is 27.7 Å². The Balaban J connectivity index is 1.95. The largest absolute Gasteiger partial charge is 0.507 e. The molecule has 0 radical (unpaired) electrons. The summed E-state index contributed by atoms with van der Waals surface area (Å²) in [5, 5.41) is 15.4. The van der Waals surface area contributed by atoms with Crippen molar-refractivity contribution in [2.45, 2.75) is 13.0 Å². The molecule has 8 heteroatoms. The van der Waals surface area contributed by atoms with Crippen molar-refractivity contribution in [1.82, 2.24) is 5.16 Å². The monoisotopic (exact) mass is 424 g/mol. The SMILES string of the molecule is COc1cccc(/C(O)=C2\C(=O)C(=O)N(c3cc(C)on3)C2c2cccc(Cl)c2)c1. The van der Waals surface area contributed by atoms with Gasteiger partial charge in [-0.15, -0.1) is 0 Å². The number of amides is 1. The van der Waals surface area contributed by atoms with Crippen molar-refractivity contribution >= 4 is 34.9 Å². The van der Waals surface area contributed by atoms with Crippen LogP contribution in [0.3, 0.4) is 0 Å². The zero-order chi connectivity index (χ0) is 21.4. The predicted molar refractivity (Wildman–Crippen MR) is 110 cm³/mol. The second-order valence-corrected chi connectivity index (χ2v) is 7.19. The molecule has 1 N–H and O–H groups in total. The summed E-state index contributed by atoms with van der Waals surface area (Å²) in [7, 11) is 1.50. The zero-order valence-electron chi connectivity index (χ0n) is 16.1. The van der Waals surface area contributed by atoms with Gasteiger partial charge in [0.1, 0.15) is 17.3 Å². The van der Waals surface area contributed by atoms with Gasteiger partial charge in [0.05, 0.1) is 18.7 Å². The van der Waals surface area contributed by atoms with Crippen LogP contribution in [0, 0.1) is 6.92 Å². The van der Waals surface area contributed by atoms with Crippen LogP contribution in [0.25, 0.3) is 5.76 Å². The summed E-state index contributed by atoms with van der Waals surface area (Å²) >= 11 is 6.16. The molecule has 2 heterocycles. The number of methoxy groups -OCH3 is 1. The van der Waals surface area contributed by atoms with Crippen molar-refractivity contribution < 1.29 is 24.0 Å². The first-order valence-corrected chi connectivity index (χ1v) is 9.42. The van der Waals surface area contributed by atoms with Gasteiger partial charge in [-0.3, -0.25) is 14.5 Å². The number of rotatable bonds is 4. The molecule has 0 spiro atoms. The van der Waals surface area contributed by atoms with E-state index in [1.165, 1.54) is 12.0 Å². The summed E-state index contributed by atoms with van der Waals surface area (Å²) in [6, 6.07) is 14.0. The normalized spacial score (nSPS) is 18.1. The molecule has 1 aromatic heterocycles. The number of hydrogen-bond acceptors (Lipinski definition) is 6. The molecule has 0 aliphatic carbocycles. The van der Waals surface area contributed by atoms with Crippen LogP contribution in [-0.4, -0.2) is 29.1 Å². The minimum absolute atomic E-state index is 0.0730. The summed E-state index contributed by atoms with van der Waals surface area (Å²) in [5.74, 6) is -0.827. The third-order valence-corrected chi connectivity index (χ3v) is 5.05. The maximum atomic E-state index is 13.0. The van der Waals surface area contributed by atoms with Gasteiger partial charge in [-0.1, -0.05) is 41.0 Å². The number of carbonyl (C=O) groups is 2. The topological polar surface area (TPSA) is 92.9 Å². The smallest absolute Gasteiger partial charge is 0.301 e. The van der Waals surface area contributed by atoms with Crippen LogP contribution in [0.1, 0.15) is 22.9 Å². The fraction of sp³-hybridized carbons (Fsp3) is 0.136. The van der Waals surface area contributed by atoms with E-state index in [1.54, 1.807) is 61.5 Å². The lowest BCUT2D eigenvalue weighted by Crippen LogP contribution is -2.29. The van der Waals surface area contributed by atoms with Crippen molar-refractivity contribution in [2.75, 3.05) is 12.0 Å². The first-order valence-electron chi connectivity index (χ1n) is 9.05. The minimum Gasteiger partial charge on any atom is -0.507 e. The molecule has 4 rings (SSSR count). The number of aryl methyl sites for hydroxylation is 1. The number of halogens is 1. The van der Waals surface area contributed by atoms with Crippen LogP contribution in [0.4, 0.5) is 5.82 Å². The van der Waals surface area contributed by atoms with Gasteiger partial charge in [-0.05, 0) is 36.8 Å². The molecule has 2 aromatic carbocycles. The van der Waals surface area contributed by atoms with E-state index >= 15 is 0 Å². The van der Waals surface area contributed by atoms with Crippen LogP contribution in [0.2, 0.25) is 5.02 Å². The number of benzene rings is 2. The van der Waals surface area contributed by atoms with E-state index in [9.17, 15) is 14.7 Å². The number of hydrogen-bond donors (Lipinski definition) is 1. The van der Waals surface area contributed by atoms with Gasteiger partial charge >= 0.3 is 5.91 Å². The highest BCUT2D eigenvalue weighted by Gasteiger charge is 2.48. The molecule has 1 aliphatic heterocycles. The van der Waals surface area contributed by atoms with Crippen molar-refractivity contribution in [3.8, 4) is 5.75 Å². The Morgan fingerprint density at radius 1 is 1.17 bits per heavy atom. The molecule has 1 aliphatic rings. The van der Waals surface area contributed by atoms with Gasteiger partial charge in [0, 0.05) is 16.7 Å². The number of aromatic nitrogens is 1. The summed E-state index contributed by atoms with van der Waals surface area (Å²) < 4.78 is 10.3. The lowest BCUT2D eigenvalue weighted by molar-refractivity contribution is -0.132. The van der Waals surface area contributed by atoms with Gasteiger partial charge in [-0.2, -0.15) is 0 Å². The molecule has 1 atom stereocenters. The molecule has 7 nitrogen and oxygen atoms in total. The second kappa shape index (κ2) is 7.68. The fourth-order valence-corrected chi connectivity index (χ4v) is 3.65. The van der Waals surface area contributed by atoms with Gasteiger partial charge in [0.15, 0.2) is 5.82 Å². The summed E-state index contributed by atoms with van der Waals surface area (Å²) in [4.78, 5) is 27.2. The quantitative estimate of drug-likeness (QED) is 0.382. The van der Waals surface area contributed by atoms with Crippen LogP contribution in [0.15, 0.2) is 64.7 Å². The summed E-state index contributed by atoms with van der Waals surface area (Å²) in [5.41, 5.74) is 0.818. The Hall–Kier alpha value is -3.58. The molecule has 1 saturated heterocycles. The molecule has 1 fully saturated rings. The van der Waals surface area contributed by atoms with E-state index in [1.807, 2.05) is 0 Å². The molecular formula is C22H17ClN2O5. The Morgan fingerprint density at radius 3 is 2.60 bits per heavy atom. The maximum absolute atomic E-state index is 13.0. The predicted octanol–water partition coefficient (Wildman–Crippen LogP) is 4.27. The number of aliphatic hydroxyl groups excluding tert-OH is 1. The number of anilines is 1. The van der Waals surface area contributed by atoms with Gasteiger partial charge in [0.2, 0.25) is 0 Å². The van der Waals surface area contributed by atoms with Crippen molar-refractivity contribution in [3.63, 3.8) is 0 Å². The Kier molecular flexibility index (Phi) is 5.05. The third-order valence-electron chi connectivity index (χ3n) is 4.81. The number of ether oxygens (including phenoxy) is 1.